The molecule has 2 saturated carbocycles. The largest absolute Gasteiger partial charge is 0.264 e. The standard InChI is InChI=1S/C14H15NO2/c1-2-3-4-9-10-5-6-11(9)13-8-7-12(10)14(13)15(16)17/h2-4,9,14H,1,5-8H2/b4-3+. The molecule has 0 amide bonds. The molecule has 0 aromatic carbocycles. The van der Waals surface area contributed by atoms with Gasteiger partial charge in [-0.2, -0.15) is 0 Å². The Morgan fingerprint density at radius 2 is 1.65 bits per heavy atom. The van der Waals surface area contributed by atoms with Crippen molar-refractivity contribution >= 4 is 0 Å². The highest BCUT2D eigenvalue weighted by Crippen LogP contribution is 2.53. The van der Waals surface area contributed by atoms with E-state index < -0.39 is 6.04 Å². The van der Waals surface area contributed by atoms with Crippen LogP contribution in [0.4, 0.5) is 0 Å². The van der Waals surface area contributed by atoms with Gasteiger partial charge in [-0.15, -0.1) is 0 Å². The highest BCUT2D eigenvalue weighted by molar-refractivity contribution is 5.52. The van der Waals surface area contributed by atoms with Crippen LogP contribution in [0.1, 0.15) is 25.7 Å². The molecule has 0 spiro atoms. The number of rotatable bonds is 3. The summed E-state index contributed by atoms with van der Waals surface area (Å²) in [5.74, 6) is 0.344. The maximum atomic E-state index is 11.2. The molecule has 0 aromatic rings. The number of fused-ring (bicyclic) bond motifs is 4. The van der Waals surface area contributed by atoms with Crippen LogP contribution in [-0.2, 0) is 0 Å². The quantitative estimate of drug-likeness (QED) is 0.323. The fourth-order valence-electron chi connectivity index (χ4n) is 3.61. The fraction of sp³-hybridized carbons (Fsp3) is 0.429. The first-order valence-corrected chi connectivity index (χ1v) is 6.10. The van der Waals surface area contributed by atoms with E-state index in [1.165, 1.54) is 11.1 Å². The van der Waals surface area contributed by atoms with Crippen molar-refractivity contribution in [2.24, 2.45) is 5.92 Å². The number of hydrogen-bond acceptors (Lipinski definition) is 2. The Kier molecular flexibility index (Phi) is 2.28. The van der Waals surface area contributed by atoms with Crippen LogP contribution in [0.5, 0.6) is 0 Å². The number of allylic oxidation sites excluding steroid dienone is 5. The third kappa shape index (κ3) is 1.35. The summed E-state index contributed by atoms with van der Waals surface area (Å²) in [6.07, 6.45) is 9.72. The van der Waals surface area contributed by atoms with E-state index in [2.05, 4.69) is 12.7 Å². The second-order valence-corrected chi connectivity index (χ2v) is 4.89. The van der Waals surface area contributed by atoms with Crippen molar-refractivity contribution in [2.75, 3.05) is 0 Å². The zero-order valence-corrected chi connectivity index (χ0v) is 9.69. The summed E-state index contributed by atoms with van der Waals surface area (Å²) >= 11 is 0. The molecule has 4 bridgehead atoms. The molecule has 17 heavy (non-hydrogen) atoms. The van der Waals surface area contributed by atoms with E-state index in [0.717, 1.165) is 36.8 Å². The first-order chi connectivity index (χ1) is 8.24. The van der Waals surface area contributed by atoms with E-state index in [9.17, 15) is 10.1 Å². The zero-order chi connectivity index (χ0) is 12.0. The normalized spacial score (nSPS) is 30.6. The Morgan fingerprint density at radius 3 is 2.12 bits per heavy atom. The van der Waals surface area contributed by atoms with E-state index >= 15 is 0 Å². The smallest absolute Gasteiger partial charge is 0.255 e. The van der Waals surface area contributed by atoms with Gasteiger partial charge in [0.15, 0.2) is 0 Å². The van der Waals surface area contributed by atoms with E-state index in [4.69, 9.17) is 0 Å². The first-order valence-electron chi connectivity index (χ1n) is 6.10. The monoisotopic (exact) mass is 229 g/mol. The summed E-state index contributed by atoms with van der Waals surface area (Å²) in [4.78, 5) is 11.1. The van der Waals surface area contributed by atoms with Gasteiger partial charge in [-0.25, -0.2) is 0 Å². The third-order valence-corrected chi connectivity index (χ3v) is 4.21. The van der Waals surface area contributed by atoms with Crippen LogP contribution < -0.4 is 0 Å². The Labute approximate surface area is 100 Å². The van der Waals surface area contributed by atoms with Gasteiger partial charge < -0.3 is 0 Å². The van der Waals surface area contributed by atoms with Crippen molar-refractivity contribution in [1.82, 2.24) is 0 Å². The van der Waals surface area contributed by atoms with Gasteiger partial charge in [-0.05, 0) is 25.7 Å². The van der Waals surface area contributed by atoms with Crippen molar-refractivity contribution in [1.29, 1.82) is 0 Å². The van der Waals surface area contributed by atoms with Gasteiger partial charge in [0.2, 0.25) is 0 Å². The Hall–Kier alpha value is -1.64. The minimum Gasteiger partial charge on any atom is -0.264 e. The molecule has 3 aliphatic rings. The maximum Gasteiger partial charge on any atom is 0.255 e. The lowest BCUT2D eigenvalue weighted by Gasteiger charge is -2.20. The number of nitro groups is 1. The summed E-state index contributed by atoms with van der Waals surface area (Å²) in [5, 5.41) is 11.2. The molecule has 0 unspecified atom stereocenters. The van der Waals surface area contributed by atoms with Crippen LogP contribution in [0.3, 0.4) is 0 Å². The van der Waals surface area contributed by atoms with Gasteiger partial charge in [0.05, 0.1) is 0 Å². The summed E-state index contributed by atoms with van der Waals surface area (Å²) in [7, 11) is 0. The van der Waals surface area contributed by atoms with Gasteiger partial charge in [-0.3, -0.25) is 10.1 Å². The molecule has 0 radical (unpaired) electrons. The molecule has 2 fully saturated rings. The van der Waals surface area contributed by atoms with Gasteiger partial charge in [-0.1, -0.05) is 36.0 Å². The average Bonchev–Trinajstić information content (AvgIpc) is 2.79. The Morgan fingerprint density at radius 1 is 1.12 bits per heavy atom. The van der Waals surface area contributed by atoms with Crippen molar-refractivity contribution in [3.05, 3.63) is 57.2 Å². The van der Waals surface area contributed by atoms with Crippen LogP contribution in [0, 0.1) is 16.0 Å². The highest BCUT2D eigenvalue weighted by Gasteiger charge is 2.47. The van der Waals surface area contributed by atoms with E-state index in [1.54, 1.807) is 6.08 Å². The predicted molar refractivity (Wildman–Crippen MR) is 66.1 cm³/mol. The van der Waals surface area contributed by atoms with Crippen LogP contribution in [0.25, 0.3) is 0 Å². The minimum atomic E-state index is -0.476. The van der Waals surface area contributed by atoms with Crippen molar-refractivity contribution in [3.63, 3.8) is 0 Å². The molecular weight excluding hydrogens is 214 g/mol. The molecule has 3 aliphatic carbocycles. The molecule has 3 heteroatoms. The second-order valence-electron chi connectivity index (χ2n) is 4.89. The lowest BCUT2D eigenvalue weighted by Crippen LogP contribution is -2.25. The summed E-state index contributed by atoms with van der Waals surface area (Å²) < 4.78 is 0. The van der Waals surface area contributed by atoms with E-state index in [0.29, 0.717) is 5.92 Å². The van der Waals surface area contributed by atoms with Crippen molar-refractivity contribution in [3.8, 4) is 0 Å². The molecule has 0 aliphatic heterocycles. The Bertz CT molecular complexity index is 466. The second kappa shape index (κ2) is 3.69. The van der Waals surface area contributed by atoms with Crippen molar-refractivity contribution < 1.29 is 4.92 Å². The molecule has 0 atom stereocenters. The lowest BCUT2D eigenvalue weighted by atomic mass is 9.85. The maximum absolute atomic E-state index is 11.2. The number of nitrogens with zero attached hydrogens (tertiary/aromatic N) is 1. The molecule has 0 heterocycles. The lowest BCUT2D eigenvalue weighted by molar-refractivity contribution is -0.501. The Balaban J connectivity index is 2.10. The average molecular weight is 229 g/mol. The predicted octanol–water partition coefficient (Wildman–Crippen LogP) is 3.18. The minimum absolute atomic E-state index is 0.101. The third-order valence-electron chi connectivity index (χ3n) is 4.21. The first kappa shape index (κ1) is 10.5. The molecule has 0 saturated heterocycles. The topological polar surface area (TPSA) is 43.1 Å². The van der Waals surface area contributed by atoms with Crippen molar-refractivity contribution in [2.45, 2.75) is 31.7 Å². The van der Waals surface area contributed by atoms with Gasteiger partial charge >= 0.3 is 0 Å². The molecule has 0 aromatic heterocycles. The summed E-state index contributed by atoms with van der Waals surface area (Å²) in [6.45, 7) is 3.69. The molecule has 0 N–H and O–H groups in total. The van der Waals surface area contributed by atoms with Gasteiger partial charge in [0.25, 0.3) is 6.04 Å². The number of hydrogen-bond donors (Lipinski definition) is 0. The van der Waals surface area contributed by atoms with E-state index in [1.807, 2.05) is 6.08 Å². The zero-order valence-electron chi connectivity index (χ0n) is 9.69. The fourth-order valence-corrected chi connectivity index (χ4v) is 3.61. The van der Waals surface area contributed by atoms with Crippen LogP contribution in [0.2, 0.25) is 0 Å². The summed E-state index contributed by atoms with van der Waals surface area (Å²) in [5.41, 5.74) is 4.84. The molecule has 3 rings (SSSR count). The SMILES string of the molecule is C=C/C=C/C1C2=C3CCC(=C1CC2)C3[N+](=O)[O-]. The van der Waals surface area contributed by atoms with E-state index in [-0.39, 0.29) is 4.92 Å². The van der Waals surface area contributed by atoms with Crippen LogP contribution >= 0.6 is 0 Å². The highest BCUT2D eigenvalue weighted by atomic mass is 16.6. The van der Waals surface area contributed by atoms with Gasteiger partial charge in [0.1, 0.15) is 0 Å². The summed E-state index contributed by atoms with van der Waals surface area (Å²) in [6, 6.07) is -0.476. The molecular formula is C14H15NO2. The molecule has 3 nitrogen and oxygen atoms in total. The van der Waals surface area contributed by atoms with Crippen LogP contribution in [0.15, 0.2) is 47.1 Å². The van der Waals surface area contributed by atoms with Gasteiger partial charge in [0, 0.05) is 22.0 Å². The molecule has 88 valence electrons. The van der Waals surface area contributed by atoms with Crippen LogP contribution in [-0.4, -0.2) is 11.0 Å².